The lowest BCUT2D eigenvalue weighted by Crippen LogP contribution is -2.43. The Morgan fingerprint density at radius 3 is 2.45 bits per heavy atom. The van der Waals surface area contributed by atoms with Crippen LogP contribution in [0.4, 0.5) is 9.18 Å². The normalized spacial score (nSPS) is 19.4. The number of nitrogens with zero attached hydrogens (tertiary/aromatic N) is 1. The number of rotatable bonds is 5. The number of hydrogen-bond donors (Lipinski definition) is 2. The molecule has 1 aliphatic rings. The zero-order valence-electron chi connectivity index (χ0n) is 17.2. The summed E-state index contributed by atoms with van der Waals surface area (Å²) in [6.45, 7) is 2.98. The molecule has 1 aliphatic heterocycles. The largest absolute Gasteiger partial charge is 0.348 e. The van der Waals surface area contributed by atoms with E-state index in [9.17, 15) is 18.8 Å². The Bertz CT molecular complexity index is 1180. The van der Waals surface area contributed by atoms with Crippen LogP contribution in [0.2, 0.25) is 0 Å². The number of carbonyl (C=O) groups is 3. The average Bonchev–Trinajstić information content (AvgIpc) is 2.97. The summed E-state index contributed by atoms with van der Waals surface area (Å²) < 4.78 is 13.2. The molecule has 158 valence electrons. The van der Waals surface area contributed by atoms with E-state index < -0.39 is 35.7 Å². The Hall–Kier alpha value is -3.74. The van der Waals surface area contributed by atoms with Crippen LogP contribution in [0.5, 0.6) is 0 Å². The fourth-order valence-corrected chi connectivity index (χ4v) is 3.81. The van der Waals surface area contributed by atoms with Crippen LogP contribution in [0.1, 0.15) is 31.0 Å². The van der Waals surface area contributed by atoms with E-state index in [-0.39, 0.29) is 6.04 Å². The van der Waals surface area contributed by atoms with Crippen molar-refractivity contribution in [3.8, 4) is 0 Å². The Morgan fingerprint density at radius 2 is 1.74 bits per heavy atom. The van der Waals surface area contributed by atoms with Crippen molar-refractivity contribution < 1.29 is 18.8 Å². The van der Waals surface area contributed by atoms with Crippen LogP contribution in [0.25, 0.3) is 10.8 Å². The molecule has 3 aromatic carbocycles. The molecule has 0 saturated carbocycles. The van der Waals surface area contributed by atoms with Gasteiger partial charge in [-0.1, -0.05) is 48.5 Å². The molecule has 6 nitrogen and oxygen atoms in total. The smallest absolute Gasteiger partial charge is 0.325 e. The summed E-state index contributed by atoms with van der Waals surface area (Å²) in [5, 5.41) is 7.61. The van der Waals surface area contributed by atoms with Crippen LogP contribution in [0.15, 0.2) is 66.7 Å². The van der Waals surface area contributed by atoms with Gasteiger partial charge in [-0.05, 0) is 53.9 Å². The standard InChI is InChI=1S/C24H22FN3O3/c1-15(17-8-7-16-5-3-4-6-18(16)13-17)26-21(29)14-28-22(30)24(2,27-23(28)31)19-9-11-20(25)12-10-19/h3-13,15H,14H2,1-2H3,(H,26,29)(H,27,31)/t15-,24+/m0/s1. The highest BCUT2D eigenvalue weighted by molar-refractivity contribution is 6.09. The van der Waals surface area contributed by atoms with Gasteiger partial charge in [0.2, 0.25) is 5.91 Å². The Labute approximate surface area is 179 Å². The third-order valence-electron chi connectivity index (χ3n) is 5.65. The first-order chi connectivity index (χ1) is 14.8. The Morgan fingerprint density at radius 1 is 1.06 bits per heavy atom. The molecule has 7 heteroatoms. The molecule has 2 N–H and O–H groups in total. The van der Waals surface area contributed by atoms with Crippen LogP contribution in [-0.2, 0) is 15.1 Å². The van der Waals surface area contributed by atoms with E-state index in [2.05, 4.69) is 10.6 Å². The van der Waals surface area contributed by atoms with E-state index in [1.54, 1.807) is 0 Å². The fourth-order valence-electron chi connectivity index (χ4n) is 3.81. The summed E-state index contributed by atoms with van der Waals surface area (Å²) in [5.74, 6) is -1.45. The maximum Gasteiger partial charge on any atom is 0.325 e. The van der Waals surface area contributed by atoms with E-state index in [1.165, 1.54) is 31.2 Å². The van der Waals surface area contributed by atoms with Gasteiger partial charge in [0.15, 0.2) is 0 Å². The van der Waals surface area contributed by atoms with Gasteiger partial charge in [0, 0.05) is 0 Å². The maximum atomic E-state index is 13.2. The van der Waals surface area contributed by atoms with Gasteiger partial charge < -0.3 is 10.6 Å². The molecular weight excluding hydrogens is 397 g/mol. The van der Waals surface area contributed by atoms with Crippen molar-refractivity contribution in [1.29, 1.82) is 0 Å². The van der Waals surface area contributed by atoms with Gasteiger partial charge in [0.25, 0.3) is 5.91 Å². The van der Waals surface area contributed by atoms with Gasteiger partial charge in [-0.15, -0.1) is 0 Å². The van der Waals surface area contributed by atoms with Crippen LogP contribution >= 0.6 is 0 Å². The van der Waals surface area contributed by atoms with E-state index >= 15 is 0 Å². The first-order valence-electron chi connectivity index (χ1n) is 9.96. The quantitative estimate of drug-likeness (QED) is 0.620. The van der Waals surface area contributed by atoms with E-state index in [0.29, 0.717) is 5.56 Å². The van der Waals surface area contributed by atoms with Crippen molar-refractivity contribution in [2.24, 2.45) is 0 Å². The van der Waals surface area contributed by atoms with Gasteiger partial charge in [-0.2, -0.15) is 0 Å². The van der Waals surface area contributed by atoms with Crippen molar-refractivity contribution in [2.75, 3.05) is 6.54 Å². The summed E-state index contributed by atoms with van der Waals surface area (Å²) in [5.41, 5.74) is 0.00904. The van der Waals surface area contributed by atoms with Crippen LogP contribution in [0.3, 0.4) is 0 Å². The summed E-state index contributed by atoms with van der Waals surface area (Å²) in [6.07, 6.45) is 0. The van der Waals surface area contributed by atoms with Gasteiger partial charge >= 0.3 is 6.03 Å². The second-order valence-corrected chi connectivity index (χ2v) is 7.85. The van der Waals surface area contributed by atoms with Crippen molar-refractivity contribution in [1.82, 2.24) is 15.5 Å². The van der Waals surface area contributed by atoms with Crippen molar-refractivity contribution in [3.05, 3.63) is 83.7 Å². The molecule has 0 spiro atoms. The molecule has 1 heterocycles. The van der Waals surface area contributed by atoms with Crippen molar-refractivity contribution in [3.63, 3.8) is 0 Å². The zero-order valence-corrected chi connectivity index (χ0v) is 17.2. The number of fused-ring (bicyclic) bond motifs is 1. The Balaban J connectivity index is 1.45. The summed E-state index contributed by atoms with van der Waals surface area (Å²) in [4.78, 5) is 38.8. The number of urea groups is 1. The number of carbonyl (C=O) groups excluding carboxylic acids is 3. The summed E-state index contributed by atoms with van der Waals surface area (Å²) >= 11 is 0. The molecule has 2 atom stereocenters. The van der Waals surface area contributed by atoms with Crippen LogP contribution < -0.4 is 10.6 Å². The van der Waals surface area contributed by atoms with Gasteiger partial charge in [0.1, 0.15) is 17.9 Å². The maximum absolute atomic E-state index is 13.2. The van der Waals surface area contributed by atoms with E-state index in [4.69, 9.17) is 0 Å². The number of amides is 4. The van der Waals surface area contributed by atoms with Gasteiger partial charge in [0.05, 0.1) is 6.04 Å². The third kappa shape index (κ3) is 3.86. The molecular formula is C24H22FN3O3. The summed E-state index contributed by atoms with van der Waals surface area (Å²) in [6, 6.07) is 18.2. The van der Waals surface area contributed by atoms with E-state index in [0.717, 1.165) is 21.2 Å². The highest BCUT2D eigenvalue weighted by Gasteiger charge is 2.49. The SMILES string of the molecule is C[C@H](NC(=O)CN1C(=O)N[C@](C)(c2ccc(F)cc2)C1=O)c1ccc2ccccc2c1. The van der Waals surface area contributed by atoms with Crippen molar-refractivity contribution in [2.45, 2.75) is 25.4 Å². The minimum absolute atomic E-state index is 0.304. The highest BCUT2D eigenvalue weighted by atomic mass is 19.1. The lowest BCUT2D eigenvalue weighted by Gasteiger charge is -2.22. The van der Waals surface area contributed by atoms with Crippen LogP contribution in [-0.4, -0.2) is 29.3 Å². The second-order valence-electron chi connectivity index (χ2n) is 7.85. The minimum atomic E-state index is -1.35. The molecule has 0 aliphatic carbocycles. The Kier molecular flexibility index (Phi) is 5.19. The topological polar surface area (TPSA) is 78.5 Å². The lowest BCUT2D eigenvalue weighted by atomic mass is 9.92. The highest BCUT2D eigenvalue weighted by Crippen LogP contribution is 2.29. The first-order valence-corrected chi connectivity index (χ1v) is 9.96. The molecule has 4 rings (SSSR count). The van der Waals surface area contributed by atoms with Gasteiger partial charge in [-0.25, -0.2) is 9.18 Å². The zero-order chi connectivity index (χ0) is 22.2. The lowest BCUT2D eigenvalue weighted by molar-refractivity contribution is -0.135. The number of benzene rings is 3. The molecule has 4 amide bonds. The molecule has 0 unspecified atom stereocenters. The van der Waals surface area contributed by atoms with E-state index in [1.807, 2.05) is 49.4 Å². The molecule has 1 fully saturated rings. The summed E-state index contributed by atoms with van der Waals surface area (Å²) in [7, 11) is 0. The third-order valence-corrected chi connectivity index (χ3v) is 5.65. The fraction of sp³-hybridized carbons (Fsp3) is 0.208. The predicted octanol–water partition coefficient (Wildman–Crippen LogP) is 3.62. The molecule has 0 bridgehead atoms. The monoisotopic (exact) mass is 419 g/mol. The molecule has 0 aromatic heterocycles. The van der Waals surface area contributed by atoms with Gasteiger partial charge in [-0.3, -0.25) is 14.5 Å². The minimum Gasteiger partial charge on any atom is -0.348 e. The van der Waals surface area contributed by atoms with Crippen molar-refractivity contribution >= 4 is 28.6 Å². The number of halogens is 1. The second kappa shape index (κ2) is 7.83. The van der Waals surface area contributed by atoms with Crippen LogP contribution in [0, 0.1) is 5.82 Å². The number of hydrogen-bond acceptors (Lipinski definition) is 3. The average molecular weight is 419 g/mol. The molecule has 3 aromatic rings. The molecule has 31 heavy (non-hydrogen) atoms. The molecule has 0 radical (unpaired) electrons. The number of nitrogens with one attached hydrogen (secondary N) is 2. The number of imide groups is 1. The molecule has 1 saturated heterocycles. The first kappa shape index (κ1) is 20.5. The predicted molar refractivity (Wildman–Crippen MR) is 115 cm³/mol.